The van der Waals surface area contributed by atoms with Crippen LogP contribution in [0.4, 0.5) is 4.39 Å². The topological polar surface area (TPSA) is 63.5 Å². The maximum absolute atomic E-state index is 13.0. The highest BCUT2D eigenvalue weighted by Crippen LogP contribution is 2.31. The van der Waals surface area contributed by atoms with Gasteiger partial charge in [-0.2, -0.15) is 0 Å². The molecule has 4 rings (SSSR count). The molecule has 7 nitrogen and oxygen atoms in total. The molecule has 0 unspecified atom stereocenters. The number of benzene rings is 1. The minimum Gasteiger partial charge on any atom is -0.484 e. The number of ether oxygens (including phenoxy) is 1. The molecule has 0 bridgehead atoms. The Morgan fingerprint density at radius 1 is 1.19 bits per heavy atom. The van der Waals surface area contributed by atoms with Gasteiger partial charge in [-0.1, -0.05) is 0 Å². The van der Waals surface area contributed by atoms with Crippen LogP contribution < -0.4 is 4.74 Å². The predicted molar refractivity (Wildman–Crippen MR) is 96.8 cm³/mol. The summed E-state index contributed by atoms with van der Waals surface area (Å²) >= 11 is 0. The third-order valence-corrected chi connectivity index (χ3v) is 5.33. The molecule has 2 aromatic rings. The summed E-state index contributed by atoms with van der Waals surface area (Å²) in [6.45, 7) is 3.40. The van der Waals surface area contributed by atoms with E-state index in [1.54, 1.807) is 0 Å². The highest BCUT2D eigenvalue weighted by atomic mass is 19.1. The minimum atomic E-state index is -0.327. The smallest absolute Gasteiger partial charge is 0.261 e. The zero-order valence-electron chi connectivity index (χ0n) is 15.5. The van der Waals surface area contributed by atoms with Crippen molar-refractivity contribution in [3.05, 3.63) is 41.7 Å². The number of fused-ring (bicyclic) bond motifs is 1. The maximum atomic E-state index is 13.0. The van der Waals surface area contributed by atoms with Gasteiger partial charge >= 0.3 is 0 Å². The molecule has 1 aromatic heterocycles. The van der Waals surface area contributed by atoms with Crippen LogP contribution >= 0.6 is 0 Å². The van der Waals surface area contributed by atoms with Gasteiger partial charge in [-0.3, -0.25) is 4.79 Å². The van der Waals surface area contributed by atoms with Crippen molar-refractivity contribution in [2.75, 3.05) is 33.3 Å². The van der Waals surface area contributed by atoms with Crippen LogP contribution in [0.25, 0.3) is 0 Å². The first-order chi connectivity index (χ1) is 13.1. The molecule has 1 fully saturated rings. The van der Waals surface area contributed by atoms with Crippen LogP contribution in [0, 0.1) is 5.82 Å². The summed E-state index contributed by atoms with van der Waals surface area (Å²) in [5, 5.41) is 8.80. The van der Waals surface area contributed by atoms with Crippen LogP contribution in [0.1, 0.15) is 30.5 Å². The number of hydrogen-bond donors (Lipinski definition) is 0. The maximum Gasteiger partial charge on any atom is 0.261 e. The molecule has 27 heavy (non-hydrogen) atoms. The van der Waals surface area contributed by atoms with Gasteiger partial charge in [-0.05, 0) is 44.2 Å². The molecule has 0 saturated carbocycles. The fraction of sp³-hybridized carbons (Fsp3) is 0.526. The Kier molecular flexibility index (Phi) is 5.07. The lowest BCUT2D eigenvalue weighted by Crippen LogP contribution is -2.35. The molecule has 0 aliphatic carbocycles. The molecule has 2 aliphatic heterocycles. The summed E-state index contributed by atoms with van der Waals surface area (Å²) < 4.78 is 20.7. The van der Waals surface area contributed by atoms with E-state index < -0.39 is 0 Å². The van der Waals surface area contributed by atoms with Gasteiger partial charge in [0.25, 0.3) is 5.91 Å². The van der Waals surface area contributed by atoms with Gasteiger partial charge in [0.1, 0.15) is 17.4 Å². The Bertz CT molecular complexity index is 807. The molecule has 144 valence electrons. The normalized spacial score (nSPS) is 20.4. The number of carbonyl (C=O) groups excluding carboxylic acids is 1. The lowest BCUT2D eigenvalue weighted by molar-refractivity contribution is -0.134. The third kappa shape index (κ3) is 3.80. The van der Waals surface area contributed by atoms with Crippen LogP contribution in [-0.2, 0) is 17.8 Å². The Balaban J connectivity index is 1.45. The Morgan fingerprint density at radius 3 is 2.81 bits per heavy atom. The Labute approximate surface area is 157 Å². The number of nitrogens with zero attached hydrogens (tertiary/aromatic N) is 5. The molecule has 1 saturated heterocycles. The predicted octanol–water partition coefficient (Wildman–Crippen LogP) is 1.65. The largest absolute Gasteiger partial charge is 0.484 e. The van der Waals surface area contributed by atoms with Crippen molar-refractivity contribution in [3.8, 4) is 5.75 Å². The summed E-state index contributed by atoms with van der Waals surface area (Å²) in [5.41, 5.74) is 0. The highest BCUT2D eigenvalue weighted by molar-refractivity contribution is 5.78. The monoisotopic (exact) mass is 373 g/mol. The Hall–Kier alpha value is -2.48. The van der Waals surface area contributed by atoms with Crippen LogP contribution in [0.15, 0.2) is 24.3 Å². The van der Waals surface area contributed by atoms with Crippen molar-refractivity contribution < 1.29 is 13.9 Å². The molecule has 1 atom stereocenters. The second kappa shape index (κ2) is 7.64. The molecule has 2 aliphatic rings. The van der Waals surface area contributed by atoms with Crippen molar-refractivity contribution in [3.63, 3.8) is 0 Å². The summed E-state index contributed by atoms with van der Waals surface area (Å²) in [6.07, 6.45) is 2.70. The van der Waals surface area contributed by atoms with E-state index in [1.165, 1.54) is 24.3 Å². The standard InChI is InChI=1S/C19H24FN5O2/c1-23-10-8-17-21-22-19(25(17)12-11-23)16-3-2-9-24(16)18(26)13-27-15-6-4-14(20)5-7-15/h4-7,16H,2-3,8-13H2,1H3/t16-/m1/s1. The van der Waals surface area contributed by atoms with E-state index in [1.807, 2.05) is 4.90 Å². The van der Waals surface area contributed by atoms with Gasteiger partial charge in [0.15, 0.2) is 12.4 Å². The van der Waals surface area contributed by atoms with E-state index in [4.69, 9.17) is 4.74 Å². The average molecular weight is 373 g/mol. The molecule has 8 heteroatoms. The number of likely N-dealkylation sites (tertiary alicyclic amines) is 1. The zero-order chi connectivity index (χ0) is 18.8. The molecule has 1 amide bonds. The molecular formula is C19H24FN5O2. The fourth-order valence-electron chi connectivity index (χ4n) is 3.79. The summed E-state index contributed by atoms with van der Waals surface area (Å²) in [4.78, 5) is 16.9. The summed E-state index contributed by atoms with van der Waals surface area (Å²) in [7, 11) is 2.11. The van der Waals surface area contributed by atoms with Crippen LogP contribution in [0.5, 0.6) is 5.75 Å². The average Bonchev–Trinajstić information content (AvgIpc) is 3.26. The SMILES string of the molecule is CN1CCc2nnc([C@H]3CCCN3C(=O)COc3ccc(F)cc3)n2CC1. The Morgan fingerprint density at radius 2 is 2.00 bits per heavy atom. The van der Waals surface area contributed by atoms with Gasteiger partial charge in [-0.15, -0.1) is 10.2 Å². The van der Waals surface area contributed by atoms with Gasteiger partial charge < -0.3 is 19.1 Å². The number of likely N-dealkylation sites (N-methyl/N-ethyl adjacent to an activating group) is 1. The van der Waals surface area contributed by atoms with E-state index in [2.05, 4.69) is 26.7 Å². The number of aromatic nitrogens is 3. The van der Waals surface area contributed by atoms with Crippen molar-refractivity contribution >= 4 is 5.91 Å². The number of hydrogen-bond acceptors (Lipinski definition) is 5. The quantitative estimate of drug-likeness (QED) is 0.815. The highest BCUT2D eigenvalue weighted by Gasteiger charge is 2.34. The first-order valence-corrected chi connectivity index (χ1v) is 9.40. The second-order valence-corrected chi connectivity index (χ2v) is 7.17. The molecule has 3 heterocycles. The number of amides is 1. The van der Waals surface area contributed by atoms with Crippen molar-refractivity contribution in [2.24, 2.45) is 0 Å². The summed E-state index contributed by atoms with van der Waals surface area (Å²) in [5.74, 6) is 1.96. The summed E-state index contributed by atoms with van der Waals surface area (Å²) in [6, 6.07) is 5.64. The third-order valence-electron chi connectivity index (χ3n) is 5.33. The van der Waals surface area contributed by atoms with E-state index in [0.717, 1.165) is 50.5 Å². The van der Waals surface area contributed by atoms with E-state index >= 15 is 0 Å². The number of carbonyl (C=O) groups is 1. The van der Waals surface area contributed by atoms with Gasteiger partial charge in [0, 0.05) is 32.6 Å². The zero-order valence-corrected chi connectivity index (χ0v) is 15.5. The van der Waals surface area contributed by atoms with Crippen molar-refractivity contribution in [2.45, 2.75) is 31.8 Å². The molecule has 0 spiro atoms. The van der Waals surface area contributed by atoms with E-state index in [-0.39, 0.29) is 24.4 Å². The molecule has 0 N–H and O–H groups in total. The van der Waals surface area contributed by atoms with Gasteiger partial charge in [-0.25, -0.2) is 4.39 Å². The van der Waals surface area contributed by atoms with Crippen LogP contribution in [-0.4, -0.2) is 63.8 Å². The van der Waals surface area contributed by atoms with Gasteiger partial charge in [0.05, 0.1) is 6.04 Å². The second-order valence-electron chi connectivity index (χ2n) is 7.17. The molecule has 1 aromatic carbocycles. The van der Waals surface area contributed by atoms with Crippen molar-refractivity contribution in [1.82, 2.24) is 24.6 Å². The molecule has 0 radical (unpaired) electrons. The van der Waals surface area contributed by atoms with Crippen LogP contribution in [0.2, 0.25) is 0 Å². The lowest BCUT2D eigenvalue weighted by atomic mass is 10.2. The van der Waals surface area contributed by atoms with Crippen LogP contribution in [0.3, 0.4) is 0 Å². The first-order valence-electron chi connectivity index (χ1n) is 9.40. The number of halogens is 1. The molecular weight excluding hydrogens is 349 g/mol. The minimum absolute atomic E-state index is 0.0565. The van der Waals surface area contributed by atoms with Crippen molar-refractivity contribution in [1.29, 1.82) is 0 Å². The first kappa shape index (κ1) is 17.9. The van der Waals surface area contributed by atoms with Gasteiger partial charge in [0.2, 0.25) is 0 Å². The number of rotatable bonds is 4. The lowest BCUT2D eigenvalue weighted by Gasteiger charge is -2.25. The van der Waals surface area contributed by atoms with E-state index in [9.17, 15) is 9.18 Å². The van der Waals surface area contributed by atoms with E-state index in [0.29, 0.717) is 12.3 Å². The fourth-order valence-corrected chi connectivity index (χ4v) is 3.79.